The molecule has 11 nitrogen and oxygen atoms in total. The molecule has 0 bridgehead atoms. The minimum absolute atomic E-state index is 0.0728. The number of para-hydroxylation sites is 2. The van der Waals surface area contributed by atoms with Crippen molar-refractivity contribution in [3.8, 4) is 11.5 Å². The maximum Gasteiger partial charge on any atom is 0.268 e. The summed E-state index contributed by atoms with van der Waals surface area (Å²) in [7, 11) is 3.07. The van der Waals surface area contributed by atoms with E-state index in [4.69, 9.17) is 14.5 Å². The number of nitrogens with zero attached hydrogens (tertiary/aromatic N) is 3. The molecule has 1 atom stereocenters. The molecule has 1 amide bonds. The fourth-order valence-corrected chi connectivity index (χ4v) is 4.87. The lowest BCUT2D eigenvalue weighted by Crippen LogP contribution is -2.22. The summed E-state index contributed by atoms with van der Waals surface area (Å²) in [4.78, 5) is 33.9. The third-order valence-electron chi connectivity index (χ3n) is 6.51. The summed E-state index contributed by atoms with van der Waals surface area (Å²) in [5, 5.41) is 5.96. The van der Waals surface area contributed by atoms with Crippen LogP contribution in [0.1, 0.15) is 25.7 Å². The van der Waals surface area contributed by atoms with Gasteiger partial charge in [-0.3, -0.25) is 14.1 Å². The number of anilines is 5. The summed E-state index contributed by atoms with van der Waals surface area (Å²) in [5.41, 5.74) is 2.32. The van der Waals surface area contributed by atoms with E-state index in [-0.39, 0.29) is 47.8 Å². The van der Waals surface area contributed by atoms with E-state index in [0.717, 1.165) is 17.1 Å². The second-order valence-electron chi connectivity index (χ2n) is 9.48. The van der Waals surface area contributed by atoms with E-state index in [1.54, 1.807) is 60.7 Å². The number of benzene rings is 3. The summed E-state index contributed by atoms with van der Waals surface area (Å²) in [6.45, 7) is 0. The van der Waals surface area contributed by atoms with Crippen LogP contribution in [0.25, 0.3) is 11.0 Å². The van der Waals surface area contributed by atoms with Crippen molar-refractivity contribution in [3.05, 3.63) is 66.7 Å². The van der Waals surface area contributed by atoms with Crippen molar-refractivity contribution < 1.29 is 27.8 Å². The minimum Gasteiger partial charge on any atom is -0.497 e. The Bertz CT molecular complexity index is 1600. The molecule has 1 unspecified atom stereocenters. The molecule has 5 rings (SSSR count). The van der Waals surface area contributed by atoms with Crippen LogP contribution in [0.5, 0.6) is 11.5 Å². The van der Waals surface area contributed by atoms with Gasteiger partial charge in [0.25, 0.3) is 11.3 Å². The van der Waals surface area contributed by atoms with E-state index in [0.29, 0.717) is 33.9 Å². The number of carbonyl (C=O) groups is 2. The van der Waals surface area contributed by atoms with Gasteiger partial charge in [0.2, 0.25) is 5.91 Å². The van der Waals surface area contributed by atoms with Gasteiger partial charge < -0.3 is 20.1 Å². The molecule has 0 radical (unpaired) electrons. The molecule has 1 saturated carbocycles. The zero-order valence-electron chi connectivity index (χ0n) is 22.5. The standard InChI is InChI=1S/C29H29N5O6S/c1-39-22-15-20(16-23(17-22)40-2)31-28-29(33-25-9-4-3-8-24(25)32-28)34(41(37)38)21-7-5-6-19(14-21)30-27(36)13-12-26(35)18-10-11-18/h3-9,14-18H,10-13H2,1-2H3,(H,30,36)(H,31,32)(H,37,38). The smallest absolute Gasteiger partial charge is 0.268 e. The average molecular weight is 576 g/mol. The molecule has 0 aliphatic heterocycles. The van der Waals surface area contributed by atoms with E-state index >= 15 is 0 Å². The van der Waals surface area contributed by atoms with Gasteiger partial charge in [-0.05, 0) is 43.2 Å². The Morgan fingerprint density at radius 3 is 2.24 bits per heavy atom. The zero-order valence-corrected chi connectivity index (χ0v) is 23.3. The van der Waals surface area contributed by atoms with Crippen LogP contribution in [0, 0.1) is 5.92 Å². The van der Waals surface area contributed by atoms with Gasteiger partial charge in [-0.2, -0.15) is 0 Å². The lowest BCUT2D eigenvalue weighted by Gasteiger charge is -2.23. The molecule has 1 fully saturated rings. The summed E-state index contributed by atoms with van der Waals surface area (Å²) in [6, 6.07) is 18.8. The summed E-state index contributed by atoms with van der Waals surface area (Å²) in [6.07, 6.45) is 2.07. The highest BCUT2D eigenvalue weighted by Gasteiger charge is 2.29. The number of hydrogen-bond donors (Lipinski definition) is 3. The number of amides is 1. The average Bonchev–Trinajstić information content (AvgIpc) is 3.82. The van der Waals surface area contributed by atoms with Gasteiger partial charge in [-0.15, -0.1) is 0 Å². The highest BCUT2D eigenvalue weighted by molar-refractivity contribution is 7.81. The molecule has 3 N–H and O–H groups in total. The number of methoxy groups -OCH3 is 2. The van der Waals surface area contributed by atoms with Crippen LogP contribution in [-0.4, -0.2) is 44.6 Å². The zero-order chi connectivity index (χ0) is 28.9. The Morgan fingerprint density at radius 1 is 0.927 bits per heavy atom. The van der Waals surface area contributed by atoms with Gasteiger partial charge in [0, 0.05) is 48.3 Å². The quantitative estimate of drug-likeness (QED) is 0.190. The Morgan fingerprint density at radius 2 is 1.61 bits per heavy atom. The molecule has 0 saturated heterocycles. The maximum absolute atomic E-state index is 12.8. The van der Waals surface area contributed by atoms with Crippen LogP contribution >= 0.6 is 0 Å². The van der Waals surface area contributed by atoms with Gasteiger partial charge in [0.05, 0.1) is 30.9 Å². The number of nitrogens with one attached hydrogen (secondary N) is 2. The van der Waals surface area contributed by atoms with E-state index in [2.05, 4.69) is 15.6 Å². The molecule has 1 aliphatic rings. The van der Waals surface area contributed by atoms with Crippen molar-refractivity contribution in [2.75, 3.05) is 29.2 Å². The van der Waals surface area contributed by atoms with Crippen molar-refractivity contribution >= 4 is 62.7 Å². The molecule has 1 heterocycles. The first kappa shape index (κ1) is 28.0. The molecule has 4 aromatic rings. The fourth-order valence-electron chi connectivity index (χ4n) is 4.30. The van der Waals surface area contributed by atoms with Gasteiger partial charge in [0.1, 0.15) is 17.3 Å². The number of fused-ring (bicyclic) bond motifs is 1. The highest BCUT2D eigenvalue weighted by Crippen LogP contribution is 2.36. The molecule has 12 heteroatoms. The molecular weight excluding hydrogens is 546 g/mol. The normalized spacial score (nSPS) is 13.3. The first-order valence-electron chi connectivity index (χ1n) is 12.9. The van der Waals surface area contributed by atoms with Gasteiger partial charge in [-0.25, -0.2) is 18.5 Å². The molecule has 1 aromatic heterocycles. The molecule has 212 valence electrons. The summed E-state index contributed by atoms with van der Waals surface area (Å²) < 4.78 is 35.1. The number of Topliss-reactive ketones (excluding diaryl/α,β-unsaturated/α-hetero) is 1. The van der Waals surface area contributed by atoms with Crippen LogP contribution < -0.4 is 24.4 Å². The van der Waals surface area contributed by atoms with Crippen molar-refractivity contribution in [1.82, 2.24) is 9.97 Å². The number of carbonyl (C=O) groups excluding carboxylic acids is 2. The summed E-state index contributed by atoms with van der Waals surface area (Å²) >= 11 is -2.57. The first-order chi connectivity index (χ1) is 19.8. The SMILES string of the molecule is COc1cc(Nc2nc3ccccc3nc2N(c2cccc(NC(=O)CCC(=O)C3CC3)c2)S(=O)O)cc(OC)c1. The predicted molar refractivity (Wildman–Crippen MR) is 157 cm³/mol. The second-order valence-corrected chi connectivity index (χ2v) is 10.3. The third kappa shape index (κ3) is 6.79. The first-order valence-corrected chi connectivity index (χ1v) is 14.0. The fraction of sp³-hybridized carbons (Fsp3) is 0.241. The number of rotatable bonds is 12. The predicted octanol–water partition coefficient (Wildman–Crippen LogP) is 5.36. The minimum atomic E-state index is -2.57. The maximum atomic E-state index is 12.8. The van der Waals surface area contributed by atoms with E-state index in [1.807, 2.05) is 6.07 Å². The molecular formula is C29H29N5O6S. The van der Waals surface area contributed by atoms with Crippen LogP contribution in [0.3, 0.4) is 0 Å². The number of hydrogen-bond acceptors (Lipinski definition) is 8. The lowest BCUT2D eigenvalue weighted by molar-refractivity contribution is -0.123. The summed E-state index contributed by atoms with van der Waals surface area (Å²) in [5.74, 6) is 1.24. The van der Waals surface area contributed by atoms with E-state index in [1.165, 1.54) is 14.2 Å². The lowest BCUT2D eigenvalue weighted by atomic mass is 10.1. The van der Waals surface area contributed by atoms with E-state index in [9.17, 15) is 18.4 Å². The molecule has 3 aromatic carbocycles. The Balaban J connectivity index is 1.49. The van der Waals surface area contributed by atoms with Gasteiger partial charge in [0.15, 0.2) is 11.6 Å². The van der Waals surface area contributed by atoms with Crippen LogP contribution in [0.4, 0.5) is 28.7 Å². The van der Waals surface area contributed by atoms with Crippen molar-refractivity contribution in [2.45, 2.75) is 25.7 Å². The van der Waals surface area contributed by atoms with Crippen molar-refractivity contribution in [1.29, 1.82) is 0 Å². The van der Waals surface area contributed by atoms with Gasteiger partial charge >= 0.3 is 0 Å². The molecule has 1 aliphatic carbocycles. The Hall–Kier alpha value is -4.55. The second kappa shape index (κ2) is 12.3. The number of aromatic nitrogens is 2. The third-order valence-corrected chi connectivity index (χ3v) is 7.21. The van der Waals surface area contributed by atoms with Crippen molar-refractivity contribution in [2.24, 2.45) is 5.92 Å². The number of ketones is 1. The Kier molecular flexibility index (Phi) is 8.41. The molecule has 41 heavy (non-hydrogen) atoms. The number of ether oxygens (including phenoxy) is 2. The monoisotopic (exact) mass is 575 g/mol. The van der Waals surface area contributed by atoms with Gasteiger partial charge in [-0.1, -0.05) is 18.2 Å². The largest absolute Gasteiger partial charge is 0.497 e. The van der Waals surface area contributed by atoms with Crippen molar-refractivity contribution in [3.63, 3.8) is 0 Å². The topological polar surface area (TPSA) is 143 Å². The Labute approximate surface area is 239 Å². The molecule has 0 spiro atoms. The van der Waals surface area contributed by atoms with Crippen LogP contribution in [-0.2, 0) is 20.9 Å². The van der Waals surface area contributed by atoms with Crippen LogP contribution in [0.15, 0.2) is 66.7 Å². The highest BCUT2D eigenvalue weighted by atomic mass is 32.2. The van der Waals surface area contributed by atoms with E-state index < -0.39 is 11.3 Å². The van der Waals surface area contributed by atoms with Crippen LogP contribution in [0.2, 0.25) is 0 Å².